The monoisotopic (exact) mass is 469 g/mol. The number of carbonyl (C=O) groups excluding carboxylic acids is 2. The zero-order valence-corrected chi connectivity index (χ0v) is 19.0. The number of pyridine rings is 1. The molecule has 4 rings (SSSR count). The molecule has 2 heterocycles. The summed E-state index contributed by atoms with van der Waals surface area (Å²) < 4.78 is 0. The maximum absolute atomic E-state index is 13.6. The van der Waals surface area contributed by atoms with Gasteiger partial charge in [-0.25, -0.2) is 9.78 Å². The summed E-state index contributed by atoms with van der Waals surface area (Å²) in [6.07, 6.45) is 0. The molecule has 1 aliphatic rings. The minimum atomic E-state index is -0.375. The number of amides is 3. The van der Waals surface area contributed by atoms with Gasteiger partial charge in [-0.3, -0.25) is 14.6 Å². The average Bonchev–Trinajstić information content (AvgIpc) is 2.78. The van der Waals surface area contributed by atoms with Gasteiger partial charge in [-0.05, 0) is 62.5 Å². The summed E-state index contributed by atoms with van der Waals surface area (Å²) in [7, 11) is 1.71. The van der Waals surface area contributed by atoms with Gasteiger partial charge in [-0.2, -0.15) is 0 Å². The van der Waals surface area contributed by atoms with Crippen molar-refractivity contribution in [3.8, 4) is 0 Å². The molecule has 3 amide bonds. The Labute approximate surface area is 195 Å². The van der Waals surface area contributed by atoms with E-state index in [1.165, 1.54) is 0 Å². The van der Waals surface area contributed by atoms with Crippen molar-refractivity contribution in [2.45, 2.75) is 19.5 Å². The van der Waals surface area contributed by atoms with Crippen molar-refractivity contribution in [2.24, 2.45) is 0 Å². The van der Waals surface area contributed by atoms with Crippen LogP contribution in [0.15, 0.2) is 60.7 Å². The number of urea groups is 1. The number of hydrogen-bond acceptors (Lipinski definition) is 4. The highest BCUT2D eigenvalue weighted by Gasteiger charge is 2.34. The molecular formula is C23H21Cl2N5O2. The molecule has 2 N–H and O–H groups in total. The second-order valence-corrected chi connectivity index (χ2v) is 8.20. The fourth-order valence-electron chi connectivity index (χ4n) is 3.40. The van der Waals surface area contributed by atoms with Crippen LogP contribution in [0.5, 0.6) is 0 Å². The SMILES string of the molecule is CN[C@@H](C)C(=O)Nc1ccc2c(n1)CN(c1cccc(Cl)c1)C(=O)N2c1cccc(Cl)c1. The molecule has 0 spiro atoms. The van der Waals surface area contributed by atoms with Gasteiger partial charge in [-0.1, -0.05) is 35.3 Å². The lowest BCUT2D eigenvalue weighted by atomic mass is 10.1. The maximum atomic E-state index is 13.6. The molecule has 0 unspecified atom stereocenters. The molecule has 0 saturated heterocycles. The van der Waals surface area contributed by atoms with Gasteiger partial charge in [0, 0.05) is 15.7 Å². The summed E-state index contributed by atoms with van der Waals surface area (Å²) >= 11 is 12.4. The van der Waals surface area contributed by atoms with Crippen LogP contribution in [0.2, 0.25) is 10.0 Å². The fourth-order valence-corrected chi connectivity index (χ4v) is 3.77. The van der Waals surface area contributed by atoms with Gasteiger partial charge in [0.05, 0.1) is 29.7 Å². The second-order valence-electron chi connectivity index (χ2n) is 7.33. The van der Waals surface area contributed by atoms with E-state index in [0.29, 0.717) is 38.6 Å². The number of nitrogens with zero attached hydrogens (tertiary/aromatic N) is 3. The molecule has 3 aromatic rings. The number of fused-ring (bicyclic) bond motifs is 1. The number of hydrogen-bond donors (Lipinski definition) is 2. The van der Waals surface area contributed by atoms with Gasteiger partial charge < -0.3 is 10.6 Å². The summed E-state index contributed by atoms with van der Waals surface area (Å²) in [6.45, 7) is 1.98. The Morgan fingerprint density at radius 2 is 1.69 bits per heavy atom. The maximum Gasteiger partial charge on any atom is 0.334 e. The van der Waals surface area contributed by atoms with E-state index in [4.69, 9.17) is 23.2 Å². The smallest absolute Gasteiger partial charge is 0.309 e. The van der Waals surface area contributed by atoms with E-state index in [2.05, 4.69) is 15.6 Å². The molecule has 0 aliphatic carbocycles. The first-order valence-electron chi connectivity index (χ1n) is 9.98. The predicted octanol–water partition coefficient (Wildman–Crippen LogP) is 5.21. The van der Waals surface area contributed by atoms with Gasteiger partial charge in [0.15, 0.2) is 0 Å². The minimum absolute atomic E-state index is 0.203. The van der Waals surface area contributed by atoms with E-state index in [9.17, 15) is 9.59 Å². The van der Waals surface area contributed by atoms with Crippen molar-refractivity contribution >= 4 is 58.0 Å². The Morgan fingerprint density at radius 1 is 1.03 bits per heavy atom. The summed E-state index contributed by atoms with van der Waals surface area (Å²) in [4.78, 5) is 33.6. The lowest BCUT2D eigenvalue weighted by molar-refractivity contribution is -0.117. The van der Waals surface area contributed by atoms with Crippen molar-refractivity contribution in [3.63, 3.8) is 0 Å². The number of anilines is 4. The van der Waals surface area contributed by atoms with Crippen molar-refractivity contribution in [2.75, 3.05) is 22.2 Å². The zero-order chi connectivity index (χ0) is 22.8. The van der Waals surface area contributed by atoms with Crippen molar-refractivity contribution in [3.05, 3.63) is 76.4 Å². The van der Waals surface area contributed by atoms with E-state index in [0.717, 1.165) is 0 Å². The predicted molar refractivity (Wildman–Crippen MR) is 128 cm³/mol. The van der Waals surface area contributed by atoms with Gasteiger partial charge in [0.2, 0.25) is 5.91 Å². The highest BCUT2D eigenvalue weighted by atomic mass is 35.5. The third-order valence-corrected chi connectivity index (χ3v) is 5.66. The molecule has 1 aliphatic heterocycles. The molecule has 0 saturated carbocycles. The number of halogens is 2. The normalized spacial score (nSPS) is 14.2. The molecule has 32 heavy (non-hydrogen) atoms. The summed E-state index contributed by atoms with van der Waals surface area (Å²) in [5.41, 5.74) is 2.49. The van der Waals surface area contributed by atoms with Crippen LogP contribution in [0.25, 0.3) is 0 Å². The zero-order valence-electron chi connectivity index (χ0n) is 17.5. The van der Waals surface area contributed by atoms with Crippen molar-refractivity contribution in [1.29, 1.82) is 0 Å². The molecule has 9 heteroatoms. The third-order valence-electron chi connectivity index (χ3n) is 5.18. The molecule has 2 aromatic carbocycles. The van der Waals surface area contributed by atoms with Crippen LogP contribution in [0.1, 0.15) is 12.6 Å². The van der Waals surface area contributed by atoms with Crippen molar-refractivity contribution < 1.29 is 9.59 Å². The molecule has 0 fully saturated rings. The first kappa shape index (κ1) is 22.1. The Bertz CT molecular complexity index is 1190. The molecule has 1 aromatic heterocycles. The average molecular weight is 470 g/mol. The molecule has 1 atom stereocenters. The minimum Gasteiger partial charge on any atom is -0.309 e. The first-order chi connectivity index (χ1) is 15.4. The van der Waals surface area contributed by atoms with Crippen LogP contribution in [-0.2, 0) is 11.3 Å². The van der Waals surface area contributed by atoms with Crippen LogP contribution in [0, 0.1) is 0 Å². The van der Waals surface area contributed by atoms with E-state index in [-0.39, 0.29) is 24.5 Å². The number of aromatic nitrogens is 1. The van der Waals surface area contributed by atoms with Crippen molar-refractivity contribution in [1.82, 2.24) is 10.3 Å². The number of benzene rings is 2. The van der Waals surface area contributed by atoms with Gasteiger partial charge >= 0.3 is 6.03 Å². The third kappa shape index (κ3) is 4.41. The number of nitrogens with one attached hydrogen (secondary N) is 2. The van der Waals surface area contributed by atoms with Crippen LogP contribution in [-0.4, -0.2) is 30.0 Å². The number of carbonyl (C=O) groups is 2. The summed E-state index contributed by atoms with van der Waals surface area (Å²) in [5, 5.41) is 6.73. The standard InChI is InChI=1S/C23H21Cl2N5O2/c1-14(26-2)22(31)28-21-10-9-20-19(27-21)13-29(17-7-3-5-15(24)11-17)23(32)30(20)18-8-4-6-16(25)12-18/h3-12,14,26H,13H2,1-2H3,(H,27,28,31)/t14-/m0/s1. The molecular weight excluding hydrogens is 449 g/mol. The molecule has 0 radical (unpaired) electrons. The topological polar surface area (TPSA) is 77.6 Å². The highest BCUT2D eigenvalue weighted by molar-refractivity contribution is 6.31. The second kappa shape index (κ2) is 9.16. The summed E-state index contributed by atoms with van der Waals surface area (Å²) in [5.74, 6) is 0.201. The van der Waals surface area contributed by atoms with Crippen LogP contribution < -0.4 is 20.4 Å². The van der Waals surface area contributed by atoms with E-state index in [1.807, 2.05) is 6.07 Å². The Hall–Kier alpha value is -3.13. The van der Waals surface area contributed by atoms with Crippen LogP contribution in [0.4, 0.5) is 27.7 Å². The van der Waals surface area contributed by atoms with E-state index >= 15 is 0 Å². The quantitative estimate of drug-likeness (QED) is 0.537. The van der Waals surface area contributed by atoms with Crippen LogP contribution in [0.3, 0.4) is 0 Å². The lowest BCUT2D eigenvalue weighted by Crippen LogP contribution is -2.45. The van der Waals surface area contributed by atoms with Crippen LogP contribution >= 0.6 is 23.2 Å². The van der Waals surface area contributed by atoms with E-state index in [1.54, 1.807) is 78.4 Å². The number of likely N-dealkylation sites (N-methyl/N-ethyl adjacent to an activating group) is 1. The van der Waals surface area contributed by atoms with Gasteiger partial charge in [0.25, 0.3) is 0 Å². The van der Waals surface area contributed by atoms with Gasteiger partial charge in [0.1, 0.15) is 5.82 Å². The summed E-state index contributed by atoms with van der Waals surface area (Å²) in [6, 6.07) is 16.9. The molecule has 0 bridgehead atoms. The highest BCUT2D eigenvalue weighted by Crippen LogP contribution is 2.38. The molecule has 164 valence electrons. The van der Waals surface area contributed by atoms with Gasteiger partial charge in [-0.15, -0.1) is 0 Å². The molecule has 7 nitrogen and oxygen atoms in total. The Morgan fingerprint density at radius 3 is 2.34 bits per heavy atom. The Kier molecular flexibility index (Phi) is 6.32. The Balaban J connectivity index is 1.79. The van der Waals surface area contributed by atoms with E-state index < -0.39 is 0 Å². The first-order valence-corrected chi connectivity index (χ1v) is 10.7. The number of rotatable bonds is 5. The fraction of sp³-hybridized carbons (Fsp3) is 0.174. The largest absolute Gasteiger partial charge is 0.334 e. The lowest BCUT2D eigenvalue weighted by Gasteiger charge is -2.36.